The van der Waals surface area contributed by atoms with E-state index in [-0.39, 0.29) is 17.2 Å². The van der Waals surface area contributed by atoms with Gasteiger partial charge in [0.2, 0.25) is 0 Å². The predicted molar refractivity (Wildman–Crippen MR) is 95.5 cm³/mol. The topological polar surface area (TPSA) is 92.7 Å². The fourth-order valence-electron chi connectivity index (χ4n) is 2.61. The minimum atomic E-state index is -0.269. The molecule has 0 aliphatic rings. The van der Waals surface area contributed by atoms with Gasteiger partial charge in [0.25, 0.3) is 11.5 Å². The zero-order valence-electron chi connectivity index (χ0n) is 14.2. The van der Waals surface area contributed by atoms with Crippen molar-refractivity contribution in [2.45, 2.75) is 32.7 Å². The standard InChI is InChI=1S/C18H21N5O2/c1-2-12-23-17(24)10-9-15(22-23)18(25)19-11-5-8-16-20-13-6-3-4-7-14(13)21-16/h3-4,6-7,9-10H,2,5,8,11-12H2,1H3,(H,19,25)(H,20,21). The van der Waals surface area contributed by atoms with Crippen molar-refractivity contribution in [3.63, 3.8) is 0 Å². The van der Waals surface area contributed by atoms with Crippen molar-refractivity contribution in [1.82, 2.24) is 25.1 Å². The van der Waals surface area contributed by atoms with E-state index in [0.29, 0.717) is 13.1 Å². The molecule has 0 radical (unpaired) electrons. The van der Waals surface area contributed by atoms with Crippen LogP contribution in [-0.2, 0) is 13.0 Å². The minimum Gasteiger partial charge on any atom is -0.351 e. The number of aromatic amines is 1. The van der Waals surface area contributed by atoms with Crippen molar-refractivity contribution in [3.8, 4) is 0 Å². The van der Waals surface area contributed by atoms with Crippen LogP contribution >= 0.6 is 0 Å². The zero-order chi connectivity index (χ0) is 17.6. The molecule has 0 aliphatic heterocycles. The Morgan fingerprint density at radius 2 is 2.08 bits per heavy atom. The van der Waals surface area contributed by atoms with Gasteiger partial charge in [-0.05, 0) is 31.0 Å². The van der Waals surface area contributed by atoms with E-state index in [1.165, 1.54) is 16.8 Å². The number of carbonyl (C=O) groups is 1. The van der Waals surface area contributed by atoms with Gasteiger partial charge in [-0.25, -0.2) is 9.67 Å². The molecule has 2 N–H and O–H groups in total. The van der Waals surface area contributed by atoms with Gasteiger partial charge in [-0.2, -0.15) is 5.10 Å². The summed E-state index contributed by atoms with van der Waals surface area (Å²) in [5.74, 6) is 0.638. The Morgan fingerprint density at radius 1 is 1.24 bits per heavy atom. The van der Waals surface area contributed by atoms with Crippen molar-refractivity contribution in [2.24, 2.45) is 0 Å². The number of rotatable bonds is 7. The molecule has 0 aliphatic carbocycles. The van der Waals surface area contributed by atoms with Crippen LogP contribution in [0.1, 0.15) is 36.1 Å². The van der Waals surface area contributed by atoms with Gasteiger partial charge in [-0.15, -0.1) is 0 Å². The van der Waals surface area contributed by atoms with E-state index >= 15 is 0 Å². The summed E-state index contributed by atoms with van der Waals surface area (Å²) in [6.07, 6.45) is 2.30. The number of nitrogens with one attached hydrogen (secondary N) is 2. The van der Waals surface area contributed by atoms with E-state index < -0.39 is 0 Å². The SMILES string of the molecule is CCCn1nc(C(=O)NCCCc2nc3ccccc3[nH]2)ccc1=O. The monoisotopic (exact) mass is 339 g/mol. The second-order valence-electron chi connectivity index (χ2n) is 5.84. The first-order valence-electron chi connectivity index (χ1n) is 8.47. The van der Waals surface area contributed by atoms with Gasteiger partial charge in [-0.1, -0.05) is 19.1 Å². The predicted octanol–water partition coefficient (Wildman–Crippen LogP) is 1.89. The molecular weight excluding hydrogens is 318 g/mol. The quantitative estimate of drug-likeness (QED) is 0.643. The first kappa shape index (κ1) is 16.9. The number of aromatic nitrogens is 4. The average Bonchev–Trinajstić information content (AvgIpc) is 3.03. The Bertz CT molecular complexity index is 895. The van der Waals surface area contributed by atoms with Crippen LogP contribution < -0.4 is 10.9 Å². The molecule has 2 heterocycles. The Kier molecular flexibility index (Phi) is 5.23. The number of carbonyl (C=O) groups excluding carboxylic acids is 1. The molecule has 2 aromatic heterocycles. The Balaban J connectivity index is 1.52. The van der Waals surface area contributed by atoms with E-state index in [1.54, 1.807) is 0 Å². The lowest BCUT2D eigenvalue weighted by atomic mass is 10.3. The molecule has 3 rings (SSSR count). The molecule has 7 nitrogen and oxygen atoms in total. The number of hydrogen-bond donors (Lipinski definition) is 2. The molecule has 130 valence electrons. The fourth-order valence-corrected chi connectivity index (χ4v) is 2.61. The molecule has 25 heavy (non-hydrogen) atoms. The first-order chi connectivity index (χ1) is 12.2. The van der Waals surface area contributed by atoms with Gasteiger partial charge in [0.15, 0.2) is 0 Å². The fraction of sp³-hybridized carbons (Fsp3) is 0.333. The van der Waals surface area contributed by atoms with Gasteiger partial charge in [0.05, 0.1) is 11.0 Å². The van der Waals surface area contributed by atoms with Gasteiger partial charge in [-0.3, -0.25) is 9.59 Å². The van der Waals surface area contributed by atoms with Crippen LogP contribution in [0.15, 0.2) is 41.2 Å². The maximum atomic E-state index is 12.2. The summed E-state index contributed by atoms with van der Waals surface area (Å²) in [5, 5.41) is 6.93. The molecule has 0 spiro atoms. The summed E-state index contributed by atoms with van der Waals surface area (Å²) in [6.45, 7) is 2.98. The third-order valence-corrected chi connectivity index (χ3v) is 3.85. The van der Waals surface area contributed by atoms with Crippen molar-refractivity contribution in [1.29, 1.82) is 0 Å². The number of benzene rings is 1. The van der Waals surface area contributed by atoms with Crippen molar-refractivity contribution < 1.29 is 4.79 Å². The summed E-state index contributed by atoms with van der Waals surface area (Å²) in [4.78, 5) is 31.6. The van der Waals surface area contributed by atoms with E-state index in [1.807, 2.05) is 31.2 Å². The molecule has 0 saturated heterocycles. The smallest absolute Gasteiger partial charge is 0.271 e. The molecule has 0 bridgehead atoms. The lowest BCUT2D eigenvalue weighted by Crippen LogP contribution is -2.30. The molecular formula is C18H21N5O2. The molecule has 1 aromatic carbocycles. The second-order valence-corrected chi connectivity index (χ2v) is 5.84. The third kappa shape index (κ3) is 4.12. The third-order valence-electron chi connectivity index (χ3n) is 3.85. The highest BCUT2D eigenvalue weighted by molar-refractivity contribution is 5.91. The van der Waals surface area contributed by atoms with Crippen molar-refractivity contribution >= 4 is 16.9 Å². The number of hydrogen-bond acceptors (Lipinski definition) is 4. The zero-order valence-corrected chi connectivity index (χ0v) is 14.2. The van der Waals surface area contributed by atoms with Gasteiger partial charge < -0.3 is 10.3 Å². The summed E-state index contributed by atoms with van der Waals surface area (Å²) in [5.41, 5.74) is 2.04. The number of imidazole rings is 1. The van der Waals surface area contributed by atoms with Crippen molar-refractivity contribution in [3.05, 3.63) is 58.3 Å². The van der Waals surface area contributed by atoms with Crippen LogP contribution in [0.2, 0.25) is 0 Å². The average molecular weight is 339 g/mol. The van der Waals surface area contributed by atoms with E-state index in [9.17, 15) is 9.59 Å². The van der Waals surface area contributed by atoms with E-state index in [2.05, 4.69) is 20.4 Å². The maximum Gasteiger partial charge on any atom is 0.271 e. The van der Waals surface area contributed by atoms with Crippen LogP contribution in [0.4, 0.5) is 0 Å². The number of aryl methyl sites for hydroxylation is 2. The van der Waals surface area contributed by atoms with Gasteiger partial charge in [0, 0.05) is 25.6 Å². The summed E-state index contributed by atoms with van der Waals surface area (Å²) in [6, 6.07) is 10.7. The minimum absolute atomic E-state index is 0.191. The molecule has 0 fully saturated rings. The highest BCUT2D eigenvalue weighted by Gasteiger charge is 2.09. The second kappa shape index (κ2) is 7.74. The lowest BCUT2D eigenvalue weighted by Gasteiger charge is -2.06. The van der Waals surface area contributed by atoms with Crippen molar-refractivity contribution in [2.75, 3.05) is 6.54 Å². The Hall–Kier alpha value is -2.96. The summed E-state index contributed by atoms with van der Waals surface area (Å²) in [7, 11) is 0. The first-order valence-corrected chi connectivity index (χ1v) is 8.47. The Morgan fingerprint density at radius 3 is 2.88 bits per heavy atom. The van der Waals surface area contributed by atoms with Crippen LogP contribution in [-0.4, -0.2) is 32.2 Å². The largest absolute Gasteiger partial charge is 0.351 e. The number of amides is 1. The molecule has 0 atom stereocenters. The molecule has 0 saturated carbocycles. The van der Waals surface area contributed by atoms with Crippen LogP contribution in [0, 0.1) is 0 Å². The number of para-hydroxylation sites is 2. The molecule has 1 amide bonds. The number of H-pyrrole nitrogens is 1. The van der Waals surface area contributed by atoms with Gasteiger partial charge >= 0.3 is 0 Å². The highest BCUT2D eigenvalue weighted by Crippen LogP contribution is 2.11. The summed E-state index contributed by atoms with van der Waals surface area (Å²) >= 11 is 0. The van der Waals surface area contributed by atoms with E-state index in [0.717, 1.165) is 36.1 Å². The molecule has 3 aromatic rings. The van der Waals surface area contributed by atoms with Gasteiger partial charge in [0.1, 0.15) is 11.5 Å². The van der Waals surface area contributed by atoms with Crippen LogP contribution in [0.5, 0.6) is 0 Å². The molecule has 7 heteroatoms. The highest BCUT2D eigenvalue weighted by atomic mass is 16.2. The lowest BCUT2D eigenvalue weighted by molar-refractivity contribution is 0.0945. The molecule has 0 unspecified atom stereocenters. The Labute approximate surface area is 145 Å². The number of fused-ring (bicyclic) bond motifs is 1. The summed E-state index contributed by atoms with van der Waals surface area (Å²) < 4.78 is 1.32. The number of nitrogens with zero attached hydrogens (tertiary/aromatic N) is 3. The maximum absolute atomic E-state index is 12.2. The van der Waals surface area contributed by atoms with Crippen LogP contribution in [0.3, 0.4) is 0 Å². The van der Waals surface area contributed by atoms with E-state index in [4.69, 9.17) is 0 Å². The normalized spacial score (nSPS) is 10.9. The van der Waals surface area contributed by atoms with Crippen LogP contribution in [0.25, 0.3) is 11.0 Å².